The maximum Gasteiger partial charge on any atom is 0.224 e. The van der Waals surface area contributed by atoms with Crippen LogP contribution in [0.2, 0.25) is 0 Å². The summed E-state index contributed by atoms with van der Waals surface area (Å²) in [6.07, 6.45) is 0.964. The molecule has 4 nitrogen and oxygen atoms in total. The van der Waals surface area contributed by atoms with Gasteiger partial charge in [-0.1, -0.05) is 18.2 Å². The highest BCUT2D eigenvalue weighted by Crippen LogP contribution is 2.24. The number of nitrogens with one attached hydrogen (secondary N) is 1. The number of rotatable bonds is 6. The van der Waals surface area contributed by atoms with Crippen LogP contribution in [0.1, 0.15) is 24.0 Å². The van der Waals surface area contributed by atoms with Crippen LogP contribution in [0.15, 0.2) is 42.5 Å². The van der Waals surface area contributed by atoms with Gasteiger partial charge < -0.3 is 15.2 Å². The van der Waals surface area contributed by atoms with Crippen LogP contribution in [0.4, 0.5) is 5.69 Å². The van der Waals surface area contributed by atoms with Crippen molar-refractivity contribution >= 4 is 11.6 Å². The molecule has 0 aromatic heterocycles. The van der Waals surface area contributed by atoms with Gasteiger partial charge in [0, 0.05) is 6.42 Å². The first kappa shape index (κ1) is 15.9. The van der Waals surface area contributed by atoms with Crippen LogP contribution >= 0.6 is 0 Å². The van der Waals surface area contributed by atoms with E-state index >= 15 is 0 Å². The highest BCUT2D eigenvalue weighted by Gasteiger charge is 2.06. The molecule has 1 amide bonds. The molecular weight excluding hydrogens is 278 g/mol. The lowest BCUT2D eigenvalue weighted by atomic mass is 10.2. The predicted molar refractivity (Wildman–Crippen MR) is 87.4 cm³/mol. The second kappa shape index (κ2) is 7.50. The van der Waals surface area contributed by atoms with Crippen LogP contribution in [-0.2, 0) is 4.79 Å². The smallest absolute Gasteiger partial charge is 0.224 e. The molecule has 2 rings (SSSR count). The number of hydrogen-bond acceptors (Lipinski definition) is 3. The van der Waals surface area contributed by atoms with E-state index < -0.39 is 0 Å². The van der Waals surface area contributed by atoms with E-state index in [9.17, 15) is 9.90 Å². The lowest BCUT2D eigenvalue weighted by Gasteiger charge is -2.09. The second-order valence-corrected chi connectivity index (χ2v) is 5.34. The van der Waals surface area contributed by atoms with Gasteiger partial charge in [-0.05, 0) is 55.7 Å². The molecule has 4 heteroatoms. The summed E-state index contributed by atoms with van der Waals surface area (Å²) >= 11 is 0. The number of phenols is 1. The van der Waals surface area contributed by atoms with Crippen LogP contribution in [0, 0.1) is 13.8 Å². The molecule has 0 unspecified atom stereocenters. The summed E-state index contributed by atoms with van der Waals surface area (Å²) in [4.78, 5) is 11.8. The van der Waals surface area contributed by atoms with Gasteiger partial charge in [-0.2, -0.15) is 0 Å². The first-order valence-electron chi connectivity index (χ1n) is 7.33. The third-order valence-corrected chi connectivity index (χ3v) is 3.23. The molecule has 0 aliphatic rings. The van der Waals surface area contributed by atoms with Crippen molar-refractivity contribution in [2.45, 2.75) is 26.7 Å². The van der Waals surface area contributed by atoms with Gasteiger partial charge in [0.05, 0.1) is 12.3 Å². The average molecular weight is 299 g/mol. The third kappa shape index (κ3) is 4.81. The first-order valence-corrected chi connectivity index (χ1v) is 7.33. The number of aryl methyl sites for hydroxylation is 2. The number of phenolic OH excluding ortho intramolecular Hbond substituents is 1. The van der Waals surface area contributed by atoms with Crippen LogP contribution in [0.5, 0.6) is 11.5 Å². The molecule has 0 fully saturated rings. The molecule has 2 aromatic carbocycles. The Morgan fingerprint density at radius 3 is 2.64 bits per heavy atom. The van der Waals surface area contributed by atoms with E-state index in [1.807, 2.05) is 44.2 Å². The Labute approximate surface area is 130 Å². The Hall–Kier alpha value is -2.49. The van der Waals surface area contributed by atoms with E-state index in [2.05, 4.69) is 5.32 Å². The number of aromatic hydroxyl groups is 1. The SMILES string of the molecule is Cc1cccc(OCCCC(=O)Nc2ccc(C)cc2O)c1. The van der Waals surface area contributed by atoms with Gasteiger partial charge in [0.2, 0.25) is 5.91 Å². The Bertz CT molecular complexity index is 653. The molecule has 2 aromatic rings. The number of carbonyl (C=O) groups is 1. The maximum atomic E-state index is 11.8. The van der Waals surface area contributed by atoms with E-state index in [4.69, 9.17) is 4.74 Å². The normalized spacial score (nSPS) is 10.3. The fraction of sp³-hybridized carbons (Fsp3) is 0.278. The summed E-state index contributed by atoms with van der Waals surface area (Å²) < 4.78 is 5.60. The third-order valence-electron chi connectivity index (χ3n) is 3.23. The summed E-state index contributed by atoms with van der Waals surface area (Å²) in [5.74, 6) is 0.771. The van der Waals surface area contributed by atoms with E-state index in [0.717, 1.165) is 16.9 Å². The van der Waals surface area contributed by atoms with Gasteiger partial charge in [0.15, 0.2) is 0 Å². The molecule has 0 bridgehead atoms. The van der Waals surface area contributed by atoms with E-state index in [1.165, 1.54) is 0 Å². The number of anilines is 1. The van der Waals surface area contributed by atoms with Crippen molar-refractivity contribution in [2.75, 3.05) is 11.9 Å². The Morgan fingerprint density at radius 2 is 1.91 bits per heavy atom. The predicted octanol–water partition coefficient (Wildman–Crippen LogP) is 3.81. The van der Waals surface area contributed by atoms with Crippen molar-refractivity contribution in [1.82, 2.24) is 0 Å². The van der Waals surface area contributed by atoms with Crippen LogP contribution in [-0.4, -0.2) is 17.6 Å². The van der Waals surface area contributed by atoms with Crippen molar-refractivity contribution in [3.63, 3.8) is 0 Å². The van der Waals surface area contributed by atoms with Crippen molar-refractivity contribution in [3.05, 3.63) is 53.6 Å². The maximum absolute atomic E-state index is 11.8. The minimum atomic E-state index is -0.132. The molecule has 0 saturated heterocycles. The number of benzene rings is 2. The number of amides is 1. The van der Waals surface area contributed by atoms with Gasteiger partial charge in [-0.3, -0.25) is 4.79 Å². The second-order valence-electron chi connectivity index (χ2n) is 5.34. The number of carbonyl (C=O) groups excluding carboxylic acids is 1. The first-order chi connectivity index (χ1) is 10.5. The fourth-order valence-corrected chi connectivity index (χ4v) is 2.09. The highest BCUT2D eigenvalue weighted by molar-refractivity contribution is 5.92. The van der Waals surface area contributed by atoms with Gasteiger partial charge in [0.1, 0.15) is 11.5 Å². The standard InChI is InChI=1S/C18H21NO3/c1-13-5-3-6-15(11-13)22-10-4-7-18(21)19-16-9-8-14(2)12-17(16)20/h3,5-6,8-9,11-12,20H,4,7,10H2,1-2H3,(H,19,21). The summed E-state index contributed by atoms with van der Waals surface area (Å²) in [6, 6.07) is 13.0. The molecule has 116 valence electrons. The lowest BCUT2D eigenvalue weighted by molar-refractivity contribution is -0.116. The molecule has 22 heavy (non-hydrogen) atoms. The summed E-state index contributed by atoms with van der Waals surface area (Å²) in [6.45, 7) is 4.37. The zero-order chi connectivity index (χ0) is 15.9. The van der Waals surface area contributed by atoms with Crippen LogP contribution < -0.4 is 10.1 Å². The highest BCUT2D eigenvalue weighted by atomic mass is 16.5. The zero-order valence-electron chi connectivity index (χ0n) is 12.9. The van der Waals surface area contributed by atoms with Crippen molar-refractivity contribution in [3.8, 4) is 11.5 Å². The number of ether oxygens (including phenoxy) is 1. The molecule has 0 radical (unpaired) electrons. The van der Waals surface area contributed by atoms with Gasteiger partial charge >= 0.3 is 0 Å². The fourth-order valence-electron chi connectivity index (χ4n) is 2.09. The molecule has 2 N–H and O–H groups in total. The molecular formula is C18H21NO3. The molecule has 0 aliphatic heterocycles. The molecule has 0 atom stereocenters. The monoisotopic (exact) mass is 299 g/mol. The Balaban J connectivity index is 1.74. The number of hydrogen-bond donors (Lipinski definition) is 2. The quantitative estimate of drug-likeness (QED) is 0.630. The topological polar surface area (TPSA) is 58.6 Å². The van der Waals surface area contributed by atoms with Crippen molar-refractivity contribution in [2.24, 2.45) is 0 Å². The van der Waals surface area contributed by atoms with E-state index in [1.54, 1.807) is 12.1 Å². The molecule has 0 saturated carbocycles. The average Bonchev–Trinajstić information content (AvgIpc) is 2.47. The summed E-state index contributed by atoms with van der Waals surface area (Å²) in [7, 11) is 0. The van der Waals surface area contributed by atoms with Gasteiger partial charge in [0.25, 0.3) is 0 Å². The molecule has 0 heterocycles. The summed E-state index contributed by atoms with van der Waals surface area (Å²) in [5, 5.41) is 12.4. The van der Waals surface area contributed by atoms with Gasteiger partial charge in [-0.25, -0.2) is 0 Å². The molecule has 0 spiro atoms. The van der Waals surface area contributed by atoms with Crippen molar-refractivity contribution < 1.29 is 14.6 Å². The minimum absolute atomic E-state index is 0.0874. The van der Waals surface area contributed by atoms with Crippen LogP contribution in [0.3, 0.4) is 0 Å². The lowest BCUT2D eigenvalue weighted by Crippen LogP contribution is -2.13. The van der Waals surface area contributed by atoms with Crippen molar-refractivity contribution in [1.29, 1.82) is 0 Å². The zero-order valence-corrected chi connectivity index (χ0v) is 12.9. The Morgan fingerprint density at radius 1 is 1.14 bits per heavy atom. The van der Waals surface area contributed by atoms with E-state index in [-0.39, 0.29) is 11.7 Å². The van der Waals surface area contributed by atoms with Crippen LogP contribution in [0.25, 0.3) is 0 Å². The summed E-state index contributed by atoms with van der Waals surface area (Å²) in [5.41, 5.74) is 2.53. The minimum Gasteiger partial charge on any atom is -0.506 e. The Kier molecular flexibility index (Phi) is 5.42. The van der Waals surface area contributed by atoms with Gasteiger partial charge in [-0.15, -0.1) is 0 Å². The molecule has 0 aliphatic carbocycles. The van der Waals surface area contributed by atoms with E-state index in [0.29, 0.717) is 25.1 Å². The largest absolute Gasteiger partial charge is 0.506 e.